The Hall–Kier alpha value is -3.35. The fraction of sp³-hybridized carbons (Fsp3) is 0.444. The number of carboxylic acids is 4. The number of carbonyl (C=O) groups excluding carboxylic acids is 1. The van der Waals surface area contributed by atoms with E-state index in [0.717, 1.165) is 25.0 Å². The van der Waals surface area contributed by atoms with Gasteiger partial charge in [-0.3, -0.25) is 9.78 Å². The lowest BCUT2D eigenvalue weighted by molar-refractivity contribution is -0.159. The lowest BCUT2D eigenvalue weighted by Gasteiger charge is -2.16. The summed E-state index contributed by atoms with van der Waals surface area (Å²) in [6, 6.07) is 3.52. The molecule has 0 spiro atoms. The van der Waals surface area contributed by atoms with Crippen LogP contribution in [0.4, 0.5) is 4.79 Å². The van der Waals surface area contributed by atoms with E-state index in [2.05, 4.69) is 15.6 Å². The number of hydrogen-bond donors (Lipinski definition) is 6. The highest BCUT2D eigenvalue weighted by atomic mass is 32.2. The van der Waals surface area contributed by atoms with Crippen molar-refractivity contribution in [1.82, 2.24) is 15.6 Å². The quantitative estimate of drug-likeness (QED) is 0.200. The van der Waals surface area contributed by atoms with Gasteiger partial charge in [0, 0.05) is 29.8 Å². The number of carbonyl (C=O) groups is 5. The Morgan fingerprint density at radius 3 is 2.23 bits per heavy atom. The molecule has 0 radical (unpaired) electrons. The largest absolute Gasteiger partial charge is 0.481 e. The van der Waals surface area contributed by atoms with E-state index in [9.17, 15) is 14.4 Å². The number of hydrogen-bond acceptors (Lipinski definition) is 7. The van der Waals surface area contributed by atoms with Crippen LogP contribution in [0.25, 0.3) is 0 Å². The van der Waals surface area contributed by atoms with Crippen LogP contribution in [0.1, 0.15) is 36.0 Å². The number of fused-ring (bicyclic) bond motifs is 1. The van der Waals surface area contributed by atoms with Crippen molar-refractivity contribution in [2.75, 3.05) is 5.75 Å². The summed E-state index contributed by atoms with van der Waals surface area (Å²) in [6.07, 6.45) is 5.72. The number of carboxylic acid groups (broad SMARTS) is 4. The fourth-order valence-corrected chi connectivity index (χ4v) is 4.30. The van der Waals surface area contributed by atoms with Crippen molar-refractivity contribution in [3.63, 3.8) is 0 Å². The van der Waals surface area contributed by atoms with Crippen LogP contribution >= 0.6 is 11.8 Å². The normalized spacial score (nSPS) is 20.5. The Labute approximate surface area is 181 Å². The van der Waals surface area contributed by atoms with Crippen molar-refractivity contribution in [3.8, 4) is 0 Å². The number of aromatic nitrogens is 1. The van der Waals surface area contributed by atoms with Gasteiger partial charge in [0.05, 0.1) is 17.6 Å². The van der Waals surface area contributed by atoms with Crippen molar-refractivity contribution >= 4 is 41.7 Å². The number of unbranched alkanes of at least 4 members (excludes halogenated alkanes) is 1. The minimum Gasteiger partial charge on any atom is -0.481 e. The minimum absolute atomic E-state index is 0.0640. The number of aliphatic carboxylic acids is 3. The Morgan fingerprint density at radius 1 is 1.06 bits per heavy atom. The Morgan fingerprint density at radius 2 is 1.74 bits per heavy atom. The second-order valence-electron chi connectivity index (χ2n) is 6.42. The molecule has 3 heterocycles. The summed E-state index contributed by atoms with van der Waals surface area (Å²) in [7, 11) is 0. The molecule has 2 saturated heterocycles. The highest BCUT2D eigenvalue weighted by molar-refractivity contribution is 8.00. The van der Waals surface area contributed by atoms with Crippen LogP contribution in [0.3, 0.4) is 0 Å². The summed E-state index contributed by atoms with van der Waals surface area (Å²) in [5, 5.41) is 37.9. The lowest BCUT2D eigenvalue weighted by Crippen LogP contribution is -2.36. The van der Waals surface area contributed by atoms with Gasteiger partial charge in [0.1, 0.15) is 0 Å². The summed E-state index contributed by atoms with van der Waals surface area (Å²) in [4.78, 5) is 53.4. The van der Waals surface area contributed by atoms with Crippen molar-refractivity contribution in [2.45, 2.75) is 43.0 Å². The summed E-state index contributed by atoms with van der Waals surface area (Å²) >= 11 is 1.87. The molecule has 0 unspecified atom stereocenters. The maximum absolute atomic E-state index is 11.1. The molecule has 6 N–H and O–H groups in total. The predicted molar refractivity (Wildman–Crippen MR) is 108 cm³/mol. The van der Waals surface area contributed by atoms with Crippen molar-refractivity contribution in [1.29, 1.82) is 0 Å². The van der Waals surface area contributed by atoms with Crippen LogP contribution in [0.2, 0.25) is 0 Å². The maximum Gasteiger partial charge on any atom is 0.414 e. The smallest absolute Gasteiger partial charge is 0.414 e. The van der Waals surface area contributed by atoms with Gasteiger partial charge in [-0.2, -0.15) is 11.8 Å². The number of thioether (sulfide) groups is 1. The number of amides is 2. The topological polar surface area (TPSA) is 203 Å². The Bertz CT molecular complexity index is 779. The third kappa shape index (κ3) is 9.80. The van der Waals surface area contributed by atoms with Crippen LogP contribution < -0.4 is 10.6 Å². The van der Waals surface area contributed by atoms with E-state index in [4.69, 9.17) is 30.0 Å². The van der Waals surface area contributed by atoms with Crippen LogP contribution in [-0.4, -0.2) is 78.4 Å². The highest BCUT2D eigenvalue weighted by Crippen LogP contribution is 2.33. The van der Waals surface area contributed by atoms with Crippen LogP contribution in [0.5, 0.6) is 0 Å². The molecule has 0 bridgehead atoms. The standard InChI is InChI=1S/C10H16N2O3S.C6H5NO2.C2H2O4/c13-8(14)4-2-1-3-7-9-6(5-16-7)11-10(15)12-9;8-6(9)5-2-1-3-7-4-5;3-1(4)2(5)6/h6-7,9H,1-5H2,(H,13,14)(H2,11,12,15);1-4H,(H,8,9);(H,3,4)(H,5,6)/t6-,7-,9-;;/m0../s1. The summed E-state index contributed by atoms with van der Waals surface area (Å²) in [5.41, 5.74) is 0.220. The van der Waals surface area contributed by atoms with E-state index < -0.39 is 23.9 Å². The maximum atomic E-state index is 11.1. The van der Waals surface area contributed by atoms with Gasteiger partial charge < -0.3 is 31.1 Å². The molecule has 3 atom stereocenters. The van der Waals surface area contributed by atoms with E-state index in [0.29, 0.717) is 5.25 Å². The van der Waals surface area contributed by atoms with Crippen LogP contribution in [-0.2, 0) is 14.4 Å². The molecule has 0 aromatic carbocycles. The van der Waals surface area contributed by atoms with Crippen molar-refractivity contribution in [3.05, 3.63) is 30.1 Å². The first kappa shape index (κ1) is 25.7. The zero-order chi connectivity index (χ0) is 23.4. The molecule has 2 aliphatic rings. The number of pyridine rings is 1. The molecule has 1 aromatic heterocycles. The molecular formula is C18H23N3O9S. The predicted octanol–water partition coefficient (Wildman–Crippen LogP) is 0.732. The number of nitrogens with zero attached hydrogens (tertiary/aromatic N) is 1. The SMILES string of the molecule is O=C(O)C(=O)O.O=C(O)CCCC[C@@H]1SC[C@@H]2NC(=O)N[C@@H]21.O=C(O)c1cccnc1. The third-order valence-corrected chi connectivity index (χ3v) is 5.67. The van der Waals surface area contributed by atoms with Gasteiger partial charge in [-0.15, -0.1) is 0 Å². The number of urea groups is 1. The van der Waals surface area contributed by atoms with Crippen LogP contribution in [0.15, 0.2) is 24.5 Å². The summed E-state index contributed by atoms with van der Waals surface area (Å²) < 4.78 is 0. The van der Waals surface area contributed by atoms with E-state index >= 15 is 0 Å². The summed E-state index contributed by atoms with van der Waals surface area (Å²) in [5.74, 6) is -4.35. The highest BCUT2D eigenvalue weighted by Gasteiger charge is 2.42. The first-order valence-electron chi connectivity index (χ1n) is 9.11. The molecule has 31 heavy (non-hydrogen) atoms. The van der Waals surface area contributed by atoms with Crippen molar-refractivity contribution < 1.29 is 44.4 Å². The van der Waals surface area contributed by atoms with Gasteiger partial charge in [-0.25, -0.2) is 19.2 Å². The average molecular weight is 457 g/mol. The molecule has 0 saturated carbocycles. The van der Waals surface area contributed by atoms with E-state index in [-0.39, 0.29) is 30.1 Å². The number of rotatable bonds is 6. The van der Waals surface area contributed by atoms with Gasteiger partial charge >= 0.3 is 29.9 Å². The Kier molecular flexibility index (Phi) is 10.8. The molecule has 170 valence electrons. The van der Waals surface area contributed by atoms with E-state index in [1.54, 1.807) is 6.07 Å². The zero-order valence-corrected chi connectivity index (χ0v) is 17.1. The van der Waals surface area contributed by atoms with Gasteiger partial charge in [0.2, 0.25) is 0 Å². The second kappa shape index (κ2) is 13.1. The monoisotopic (exact) mass is 457 g/mol. The zero-order valence-electron chi connectivity index (χ0n) is 16.3. The third-order valence-electron chi connectivity index (χ3n) is 4.16. The van der Waals surface area contributed by atoms with Gasteiger partial charge in [0.25, 0.3) is 0 Å². The van der Waals surface area contributed by atoms with Gasteiger partial charge in [0.15, 0.2) is 0 Å². The molecule has 2 fully saturated rings. The summed E-state index contributed by atoms with van der Waals surface area (Å²) in [6.45, 7) is 0. The second-order valence-corrected chi connectivity index (χ2v) is 7.69. The Balaban J connectivity index is 0.000000270. The number of nitrogens with one attached hydrogen (secondary N) is 2. The van der Waals surface area contributed by atoms with Crippen LogP contribution in [0, 0.1) is 0 Å². The first-order valence-corrected chi connectivity index (χ1v) is 10.2. The van der Waals surface area contributed by atoms with Gasteiger partial charge in [-0.1, -0.05) is 6.42 Å². The molecule has 1 aromatic rings. The average Bonchev–Trinajstić information content (AvgIpc) is 3.26. The van der Waals surface area contributed by atoms with E-state index in [1.807, 2.05) is 11.8 Å². The van der Waals surface area contributed by atoms with Gasteiger partial charge in [-0.05, 0) is 25.0 Å². The first-order chi connectivity index (χ1) is 14.6. The molecular weight excluding hydrogens is 434 g/mol. The van der Waals surface area contributed by atoms with Crippen molar-refractivity contribution in [2.24, 2.45) is 0 Å². The molecule has 13 heteroatoms. The number of aromatic carboxylic acids is 1. The molecule has 3 rings (SSSR count). The molecule has 12 nitrogen and oxygen atoms in total. The molecule has 0 aliphatic carbocycles. The fourth-order valence-electron chi connectivity index (χ4n) is 2.75. The van der Waals surface area contributed by atoms with E-state index in [1.165, 1.54) is 18.5 Å². The molecule has 2 aliphatic heterocycles. The minimum atomic E-state index is -1.82. The lowest BCUT2D eigenvalue weighted by atomic mass is 10.0. The molecule has 2 amide bonds.